The van der Waals surface area contributed by atoms with Gasteiger partial charge < -0.3 is 0 Å². The van der Waals surface area contributed by atoms with Gasteiger partial charge in [-0.05, 0) is 49.2 Å². The highest BCUT2D eigenvalue weighted by Crippen LogP contribution is 2.32. The molecule has 0 N–H and O–H groups in total. The second-order valence-electron chi connectivity index (χ2n) is 6.74. The van der Waals surface area contributed by atoms with Gasteiger partial charge in [0, 0.05) is 16.6 Å². The molecule has 0 atom stereocenters. The van der Waals surface area contributed by atoms with Gasteiger partial charge in [-0.2, -0.15) is 0 Å². The number of carbonyl (C=O) groups excluding carboxylic acids is 1. The summed E-state index contributed by atoms with van der Waals surface area (Å²) in [6.07, 6.45) is 4.22. The molecule has 0 amide bonds. The van der Waals surface area contributed by atoms with Crippen LogP contribution in [0, 0.1) is 0 Å². The Labute approximate surface area is 166 Å². The molecule has 1 heterocycles. The van der Waals surface area contributed by atoms with Crippen LogP contribution in [0.2, 0.25) is 5.02 Å². The van der Waals surface area contributed by atoms with E-state index in [9.17, 15) is 9.59 Å². The van der Waals surface area contributed by atoms with Crippen molar-refractivity contribution in [2.45, 2.75) is 36.9 Å². The zero-order chi connectivity index (χ0) is 18.8. The van der Waals surface area contributed by atoms with E-state index in [-0.39, 0.29) is 23.1 Å². The molecule has 1 fully saturated rings. The third kappa shape index (κ3) is 3.80. The van der Waals surface area contributed by atoms with E-state index < -0.39 is 0 Å². The minimum Gasteiger partial charge on any atom is -0.293 e. The number of aromatic nitrogens is 2. The number of benzene rings is 2. The van der Waals surface area contributed by atoms with Crippen molar-refractivity contribution in [3.63, 3.8) is 0 Å². The maximum atomic E-state index is 13.1. The molecular weight excluding hydrogens is 380 g/mol. The van der Waals surface area contributed by atoms with E-state index in [1.165, 1.54) is 11.8 Å². The van der Waals surface area contributed by atoms with Crippen LogP contribution in [0.5, 0.6) is 0 Å². The van der Waals surface area contributed by atoms with E-state index in [1.54, 1.807) is 24.3 Å². The van der Waals surface area contributed by atoms with Gasteiger partial charge in [0.1, 0.15) is 0 Å². The molecule has 0 radical (unpaired) electrons. The van der Waals surface area contributed by atoms with Gasteiger partial charge in [-0.25, -0.2) is 4.98 Å². The smallest absolute Gasteiger partial charge is 0.262 e. The van der Waals surface area contributed by atoms with Gasteiger partial charge >= 0.3 is 0 Å². The maximum Gasteiger partial charge on any atom is 0.262 e. The number of thioether (sulfide) groups is 1. The second kappa shape index (κ2) is 7.87. The predicted molar refractivity (Wildman–Crippen MR) is 110 cm³/mol. The average molecular weight is 399 g/mol. The van der Waals surface area contributed by atoms with Gasteiger partial charge in [0.25, 0.3) is 5.56 Å². The zero-order valence-corrected chi connectivity index (χ0v) is 16.3. The van der Waals surface area contributed by atoms with Crippen LogP contribution in [0.1, 0.15) is 42.1 Å². The second-order valence-corrected chi connectivity index (χ2v) is 8.12. The molecule has 0 saturated heterocycles. The quantitative estimate of drug-likeness (QED) is 0.339. The molecular formula is C21H19ClN2O2S. The summed E-state index contributed by atoms with van der Waals surface area (Å²) in [5.41, 5.74) is 1.29. The molecule has 2 aromatic carbocycles. The molecule has 1 aliphatic carbocycles. The fourth-order valence-corrected chi connectivity index (χ4v) is 4.65. The topological polar surface area (TPSA) is 52.0 Å². The van der Waals surface area contributed by atoms with E-state index in [0.29, 0.717) is 26.6 Å². The first kappa shape index (κ1) is 18.3. The van der Waals surface area contributed by atoms with Crippen LogP contribution in [0.15, 0.2) is 58.5 Å². The summed E-state index contributed by atoms with van der Waals surface area (Å²) in [4.78, 5) is 30.3. The molecule has 0 unspecified atom stereocenters. The first-order valence-electron chi connectivity index (χ1n) is 9.06. The van der Waals surface area contributed by atoms with E-state index in [1.807, 2.05) is 28.8 Å². The third-order valence-corrected chi connectivity index (χ3v) is 6.17. The summed E-state index contributed by atoms with van der Waals surface area (Å²) in [6.45, 7) is 0. The number of rotatable bonds is 5. The lowest BCUT2D eigenvalue weighted by Crippen LogP contribution is -2.26. The maximum absolute atomic E-state index is 13.1. The summed E-state index contributed by atoms with van der Waals surface area (Å²) in [5.74, 6) is 0.233. The zero-order valence-electron chi connectivity index (χ0n) is 14.7. The number of nitrogens with zero attached hydrogens (tertiary/aromatic N) is 2. The first-order chi connectivity index (χ1) is 13.1. The lowest BCUT2D eigenvalue weighted by atomic mass is 10.1. The summed E-state index contributed by atoms with van der Waals surface area (Å²) in [6, 6.07) is 14.5. The normalized spacial score (nSPS) is 14.7. The van der Waals surface area contributed by atoms with Crippen molar-refractivity contribution in [3.05, 3.63) is 69.5 Å². The highest BCUT2D eigenvalue weighted by atomic mass is 35.5. The standard InChI is InChI=1S/C21H19ClN2O2S/c22-15-11-9-14(10-12-15)19(25)13-27-21-23-18-8-4-3-7-17(18)20(26)24(21)16-5-1-2-6-16/h3-4,7-12,16H,1-2,5-6,13H2. The number of Topliss-reactive ketones (excluding diaryl/α,β-unsaturated/α-hetero) is 1. The Morgan fingerprint density at radius 1 is 1.11 bits per heavy atom. The van der Waals surface area contributed by atoms with Crippen LogP contribution in [0.25, 0.3) is 10.9 Å². The van der Waals surface area contributed by atoms with E-state index in [0.717, 1.165) is 25.7 Å². The van der Waals surface area contributed by atoms with Crippen molar-refractivity contribution in [1.29, 1.82) is 0 Å². The summed E-state index contributed by atoms with van der Waals surface area (Å²) in [7, 11) is 0. The molecule has 4 nitrogen and oxygen atoms in total. The molecule has 0 bridgehead atoms. The van der Waals surface area contributed by atoms with Crippen LogP contribution < -0.4 is 5.56 Å². The summed E-state index contributed by atoms with van der Waals surface area (Å²) < 4.78 is 1.81. The van der Waals surface area contributed by atoms with Crippen LogP contribution in [-0.4, -0.2) is 21.1 Å². The van der Waals surface area contributed by atoms with Crippen LogP contribution in [0.3, 0.4) is 0 Å². The van der Waals surface area contributed by atoms with Crippen LogP contribution >= 0.6 is 23.4 Å². The Kier molecular flexibility index (Phi) is 5.32. The van der Waals surface area contributed by atoms with E-state index in [2.05, 4.69) is 0 Å². The Hall–Kier alpha value is -2.11. The third-order valence-electron chi connectivity index (χ3n) is 4.96. The van der Waals surface area contributed by atoms with Gasteiger partial charge in [0.15, 0.2) is 10.9 Å². The SMILES string of the molecule is O=C(CSc1nc2ccccc2c(=O)n1C1CCCC1)c1ccc(Cl)cc1. The lowest BCUT2D eigenvalue weighted by molar-refractivity contribution is 0.102. The monoisotopic (exact) mass is 398 g/mol. The molecule has 1 aliphatic rings. The van der Waals surface area contributed by atoms with Gasteiger partial charge in [-0.15, -0.1) is 0 Å². The minimum atomic E-state index is -0.00561. The number of carbonyl (C=O) groups is 1. The van der Waals surface area contributed by atoms with Crippen molar-refractivity contribution in [2.24, 2.45) is 0 Å². The number of halogens is 1. The molecule has 1 aromatic heterocycles. The summed E-state index contributed by atoms with van der Waals surface area (Å²) >= 11 is 7.23. The number of para-hydroxylation sites is 1. The van der Waals surface area contributed by atoms with E-state index >= 15 is 0 Å². The molecule has 1 saturated carbocycles. The van der Waals surface area contributed by atoms with Crippen molar-refractivity contribution >= 4 is 40.0 Å². The first-order valence-corrected chi connectivity index (χ1v) is 10.4. The lowest BCUT2D eigenvalue weighted by Gasteiger charge is -2.18. The largest absolute Gasteiger partial charge is 0.293 e. The Bertz CT molecular complexity index is 1040. The summed E-state index contributed by atoms with van der Waals surface area (Å²) in [5, 5.41) is 1.87. The number of fused-ring (bicyclic) bond motifs is 1. The molecule has 138 valence electrons. The van der Waals surface area contributed by atoms with Gasteiger partial charge in [0.2, 0.25) is 0 Å². The van der Waals surface area contributed by atoms with Crippen LogP contribution in [0.4, 0.5) is 0 Å². The highest BCUT2D eigenvalue weighted by Gasteiger charge is 2.23. The van der Waals surface area contributed by atoms with Crippen molar-refractivity contribution < 1.29 is 4.79 Å². The Balaban J connectivity index is 1.67. The van der Waals surface area contributed by atoms with E-state index in [4.69, 9.17) is 16.6 Å². The number of hydrogen-bond acceptors (Lipinski definition) is 4. The predicted octanol–water partition coefficient (Wildman–Crippen LogP) is 5.14. The molecule has 0 spiro atoms. The van der Waals surface area contributed by atoms with Gasteiger partial charge in [0.05, 0.1) is 16.7 Å². The fourth-order valence-electron chi connectivity index (χ4n) is 3.56. The minimum absolute atomic E-state index is 0.00273. The average Bonchev–Trinajstić information content (AvgIpc) is 3.21. The molecule has 3 aromatic rings. The van der Waals surface area contributed by atoms with Crippen molar-refractivity contribution in [1.82, 2.24) is 9.55 Å². The molecule has 27 heavy (non-hydrogen) atoms. The Morgan fingerprint density at radius 2 is 1.81 bits per heavy atom. The van der Waals surface area contributed by atoms with Crippen molar-refractivity contribution in [3.8, 4) is 0 Å². The van der Waals surface area contributed by atoms with Gasteiger partial charge in [-0.3, -0.25) is 14.2 Å². The highest BCUT2D eigenvalue weighted by molar-refractivity contribution is 7.99. The number of hydrogen-bond donors (Lipinski definition) is 0. The van der Waals surface area contributed by atoms with Crippen molar-refractivity contribution in [2.75, 3.05) is 5.75 Å². The Morgan fingerprint density at radius 3 is 2.56 bits per heavy atom. The van der Waals surface area contributed by atoms with Crippen LogP contribution in [-0.2, 0) is 0 Å². The fraction of sp³-hybridized carbons (Fsp3) is 0.286. The molecule has 0 aliphatic heterocycles. The molecule has 4 rings (SSSR count). The molecule has 6 heteroatoms. The van der Waals surface area contributed by atoms with Gasteiger partial charge in [-0.1, -0.05) is 48.3 Å². The number of ketones is 1.